The highest BCUT2D eigenvalue weighted by atomic mass is 35.5. The Morgan fingerprint density at radius 3 is 2.41 bits per heavy atom. The maximum absolute atomic E-state index is 12.0. The Morgan fingerprint density at radius 1 is 1.35 bits per heavy atom. The van der Waals surface area contributed by atoms with E-state index in [4.69, 9.17) is 28.3 Å². The van der Waals surface area contributed by atoms with Gasteiger partial charge >= 0.3 is 5.97 Å². The first-order valence-corrected chi connectivity index (χ1v) is 6.88. The molecule has 1 N–H and O–H groups in total. The summed E-state index contributed by atoms with van der Waals surface area (Å²) in [7, 11) is -1.42. The Hall–Kier alpha value is -0.580. The van der Waals surface area contributed by atoms with Crippen molar-refractivity contribution in [2.24, 2.45) is 5.41 Å². The van der Waals surface area contributed by atoms with E-state index in [-0.39, 0.29) is 5.75 Å². The third-order valence-corrected chi connectivity index (χ3v) is 4.73. The van der Waals surface area contributed by atoms with Crippen molar-refractivity contribution in [1.29, 1.82) is 0 Å². The van der Waals surface area contributed by atoms with Gasteiger partial charge in [-0.1, -0.05) is 23.2 Å². The minimum Gasteiger partial charge on any atom is -0.481 e. The molecule has 0 saturated heterocycles. The van der Waals surface area contributed by atoms with Crippen molar-refractivity contribution in [3.8, 4) is 0 Å². The fraction of sp³-hybridized carbons (Fsp3) is 0.364. The predicted molar refractivity (Wildman–Crippen MR) is 69.2 cm³/mol. The Kier molecular flexibility index (Phi) is 4.58. The number of aliphatic carboxylic acids is 1. The Morgan fingerprint density at radius 2 is 1.94 bits per heavy atom. The summed E-state index contributed by atoms with van der Waals surface area (Å²) in [5.41, 5.74) is -1.04. The number of hydrogen-bond acceptors (Lipinski definition) is 2. The summed E-state index contributed by atoms with van der Waals surface area (Å²) in [6.07, 6.45) is 0. The van der Waals surface area contributed by atoms with Crippen LogP contribution in [0.25, 0.3) is 0 Å². The monoisotopic (exact) mass is 294 g/mol. The largest absolute Gasteiger partial charge is 0.481 e. The van der Waals surface area contributed by atoms with E-state index in [1.165, 1.54) is 19.9 Å². The molecule has 0 amide bonds. The molecule has 1 unspecified atom stereocenters. The van der Waals surface area contributed by atoms with E-state index < -0.39 is 22.2 Å². The van der Waals surface area contributed by atoms with Gasteiger partial charge in [-0.25, -0.2) is 0 Å². The third-order valence-electron chi connectivity index (χ3n) is 2.22. The standard InChI is InChI=1S/C11H12Cl2O3S/c1-11(2,10(14)15)6-17(16)7-3-4-8(12)9(13)5-7/h3-5H,6H2,1-2H3,(H,14,15). The molecule has 0 aliphatic carbocycles. The molecule has 1 atom stereocenters. The van der Waals surface area contributed by atoms with E-state index in [1.807, 2.05) is 0 Å². The van der Waals surface area contributed by atoms with Gasteiger partial charge in [0.05, 0.1) is 26.3 Å². The van der Waals surface area contributed by atoms with E-state index in [0.29, 0.717) is 14.9 Å². The van der Waals surface area contributed by atoms with Crippen LogP contribution in [0.15, 0.2) is 23.1 Å². The van der Waals surface area contributed by atoms with Crippen molar-refractivity contribution < 1.29 is 14.1 Å². The molecule has 94 valence electrons. The zero-order valence-electron chi connectivity index (χ0n) is 9.37. The predicted octanol–water partition coefficient (Wildman–Crippen LogP) is 3.21. The van der Waals surface area contributed by atoms with Crippen LogP contribution in [0.5, 0.6) is 0 Å². The highest BCUT2D eigenvalue weighted by Gasteiger charge is 2.30. The first-order chi connectivity index (χ1) is 7.74. The van der Waals surface area contributed by atoms with Gasteiger partial charge in [-0.3, -0.25) is 9.00 Å². The number of benzene rings is 1. The topological polar surface area (TPSA) is 54.4 Å². The zero-order valence-corrected chi connectivity index (χ0v) is 11.7. The second-order valence-electron chi connectivity index (χ2n) is 4.25. The van der Waals surface area contributed by atoms with E-state index in [9.17, 15) is 9.00 Å². The van der Waals surface area contributed by atoms with Gasteiger partial charge in [-0.2, -0.15) is 0 Å². The molecule has 0 bridgehead atoms. The molecular formula is C11H12Cl2O3S. The van der Waals surface area contributed by atoms with Crippen LogP contribution in [0.4, 0.5) is 0 Å². The lowest BCUT2D eigenvalue weighted by Gasteiger charge is -2.18. The summed E-state index contributed by atoms with van der Waals surface area (Å²) in [6.45, 7) is 3.06. The minimum absolute atomic E-state index is 0.0281. The third kappa shape index (κ3) is 3.69. The number of carboxylic acids is 1. The van der Waals surface area contributed by atoms with Gasteiger partial charge in [0.1, 0.15) is 0 Å². The molecular weight excluding hydrogens is 283 g/mol. The lowest BCUT2D eigenvalue weighted by Crippen LogP contribution is -2.30. The molecule has 0 aliphatic rings. The van der Waals surface area contributed by atoms with Crippen LogP contribution < -0.4 is 0 Å². The summed E-state index contributed by atoms with van der Waals surface area (Å²) >= 11 is 11.6. The van der Waals surface area contributed by atoms with Crippen molar-refractivity contribution in [1.82, 2.24) is 0 Å². The number of carboxylic acid groups (broad SMARTS) is 1. The van der Waals surface area contributed by atoms with Crippen LogP contribution in [0.1, 0.15) is 13.8 Å². The van der Waals surface area contributed by atoms with Gasteiger partial charge in [0.2, 0.25) is 0 Å². The van der Waals surface area contributed by atoms with Crippen molar-refractivity contribution >= 4 is 40.0 Å². The Bertz CT molecular complexity index is 472. The van der Waals surface area contributed by atoms with Crippen LogP contribution in [0.3, 0.4) is 0 Å². The Labute approximate surface area is 112 Å². The van der Waals surface area contributed by atoms with E-state index in [2.05, 4.69) is 0 Å². The molecule has 0 aromatic heterocycles. The lowest BCUT2D eigenvalue weighted by atomic mass is 9.97. The van der Waals surface area contributed by atoms with Crippen LogP contribution in [0.2, 0.25) is 10.0 Å². The number of rotatable bonds is 4. The normalized spacial score (nSPS) is 13.4. The molecule has 1 aromatic carbocycles. The molecule has 1 aromatic rings. The highest BCUT2D eigenvalue weighted by Crippen LogP contribution is 2.26. The molecule has 0 heterocycles. The van der Waals surface area contributed by atoms with Gasteiger partial charge in [0, 0.05) is 10.6 Å². The molecule has 3 nitrogen and oxygen atoms in total. The van der Waals surface area contributed by atoms with Gasteiger partial charge < -0.3 is 5.11 Å². The van der Waals surface area contributed by atoms with Gasteiger partial charge in [0.15, 0.2) is 0 Å². The SMILES string of the molecule is CC(C)(CS(=O)c1ccc(Cl)c(Cl)c1)C(=O)O. The maximum atomic E-state index is 12.0. The second kappa shape index (κ2) is 5.38. The number of carbonyl (C=O) groups is 1. The van der Waals surface area contributed by atoms with E-state index in [1.54, 1.807) is 12.1 Å². The van der Waals surface area contributed by atoms with Crippen molar-refractivity contribution in [3.63, 3.8) is 0 Å². The molecule has 0 aliphatic heterocycles. The average Bonchev–Trinajstić information content (AvgIpc) is 2.21. The second-order valence-corrected chi connectivity index (χ2v) is 6.52. The highest BCUT2D eigenvalue weighted by molar-refractivity contribution is 7.85. The summed E-state index contributed by atoms with van der Waals surface area (Å²) in [4.78, 5) is 11.4. The number of hydrogen-bond donors (Lipinski definition) is 1. The molecule has 6 heteroatoms. The first-order valence-electron chi connectivity index (χ1n) is 4.81. The molecule has 0 fully saturated rings. The lowest BCUT2D eigenvalue weighted by molar-refractivity contribution is -0.145. The fourth-order valence-electron chi connectivity index (χ4n) is 1.09. The van der Waals surface area contributed by atoms with Crippen LogP contribution in [-0.2, 0) is 15.6 Å². The summed E-state index contributed by atoms with van der Waals surface area (Å²) in [6, 6.07) is 4.63. The average molecular weight is 295 g/mol. The number of halogens is 2. The maximum Gasteiger partial charge on any atom is 0.310 e. The van der Waals surface area contributed by atoms with Gasteiger partial charge in [-0.15, -0.1) is 0 Å². The van der Waals surface area contributed by atoms with Gasteiger partial charge in [0.25, 0.3) is 0 Å². The van der Waals surface area contributed by atoms with Crippen molar-refractivity contribution in [2.75, 3.05) is 5.75 Å². The van der Waals surface area contributed by atoms with Crippen LogP contribution >= 0.6 is 23.2 Å². The molecule has 0 spiro atoms. The van der Waals surface area contributed by atoms with Crippen molar-refractivity contribution in [3.05, 3.63) is 28.2 Å². The Balaban J connectivity index is 2.91. The fourth-order valence-corrected chi connectivity index (χ4v) is 2.87. The molecule has 17 heavy (non-hydrogen) atoms. The quantitative estimate of drug-likeness (QED) is 0.928. The van der Waals surface area contributed by atoms with Crippen molar-refractivity contribution in [2.45, 2.75) is 18.7 Å². The first kappa shape index (κ1) is 14.5. The van der Waals surface area contributed by atoms with Gasteiger partial charge in [-0.05, 0) is 32.0 Å². The van der Waals surface area contributed by atoms with E-state index >= 15 is 0 Å². The summed E-state index contributed by atoms with van der Waals surface area (Å²) in [5, 5.41) is 9.64. The van der Waals surface area contributed by atoms with E-state index in [0.717, 1.165) is 0 Å². The minimum atomic E-state index is -1.42. The molecule has 1 rings (SSSR count). The molecule has 0 saturated carbocycles. The zero-order chi connectivity index (χ0) is 13.2. The van der Waals surface area contributed by atoms with Crippen LogP contribution in [0, 0.1) is 5.41 Å². The summed E-state index contributed by atoms with van der Waals surface area (Å²) < 4.78 is 12.0. The van der Waals surface area contributed by atoms with Crippen LogP contribution in [-0.4, -0.2) is 21.0 Å². The smallest absolute Gasteiger partial charge is 0.310 e. The molecule has 0 radical (unpaired) electrons. The summed E-state index contributed by atoms with van der Waals surface area (Å²) in [5.74, 6) is -0.953.